The quantitative estimate of drug-likeness (QED) is 0.0602. The van der Waals surface area contributed by atoms with Crippen molar-refractivity contribution in [3.63, 3.8) is 0 Å². The van der Waals surface area contributed by atoms with E-state index in [0.717, 1.165) is 12.1 Å². The number of hydrogen-bond donors (Lipinski definition) is 2. The molecule has 0 aliphatic carbocycles. The van der Waals surface area contributed by atoms with E-state index >= 15 is 0 Å². The number of carbonyl (C=O) groups excluding carboxylic acids is 2. The first-order valence-corrected chi connectivity index (χ1v) is 13.5. The van der Waals surface area contributed by atoms with Crippen molar-refractivity contribution < 1.29 is 36.6 Å². The van der Waals surface area contributed by atoms with Crippen molar-refractivity contribution in [3.8, 4) is 22.6 Å². The molecule has 5 aromatic rings. The van der Waals surface area contributed by atoms with E-state index in [1.807, 2.05) is 0 Å². The van der Waals surface area contributed by atoms with E-state index in [9.17, 15) is 27.2 Å². The highest BCUT2D eigenvalue weighted by Gasteiger charge is 2.31. The van der Waals surface area contributed by atoms with E-state index in [1.54, 1.807) is 31.2 Å². The molecule has 12 heteroatoms. The summed E-state index contributed by atoms with van der Waals surface area (Å²) in [7, 11) is 0. The molecule has 0 radical (unpaired) electrons. The minimum absolute atomic E-state index is 0.0230. The molecule has 44 heavy (non-hydrogen) atoms. The molecule has 0 bridgehead atoms. The van der Waals surface area contributed by atoms with E-state index in [-0.39, 0.29) is 29.4 Å². The SMILES string of the molecule is CCOc1cc(C=NNC(=O)c2[nH]c3ccc(F)cc3c2-c2ccccc2Cl)ccc1OC(=O)c1cccc(C(F)(F)F)c1. The molecular formula is C32H22ClF4N3O4. The fourth-order valence-corrected chi connectivity index (χ4v) is 4.67. The monoisotopic (exact) mass is 623 g/mol. The van der Waals surface area contributed by atoms with Crippen LogP contribution in [0.5, 0.6) is 11.5 Å². The summed E-state index contributed by atoms with van der Waals surface area (Å²) in [6, 6.07) is 19.2. The van der Waals surface area contributed by atoms with Gasteiger partial charge >= 0.3 is 12.1 Å². The standard InChI is InChI=1S/C32H22ClF4N3O4/c1-2-43-27-14-18(10-13-26(27)44-31(42)19-6-5-7-20(15-19)32(35,36)37)17-38-40-30(41)29-28(22-8-3-4-9-24(22)33)23-16-21(34)11-12-25(23)39-29/h3-17,39H,2H2,1H3,(H,40,41). The number of hydrazone groups is 1. The lowest BCUT2D eigenvalue weighted by molar-refractivity contribution is -0.137. The average Bonchev–Trinajstić information content (AvgIpc) is 3.37. The smallest absolute Gasteiger partial charge is 0.416 e. The van der Waals surface area contributed by atoms with Crippen LogP contribution >= 0.6 is 11.6 Å². The molecule has 0 atom stereocenters. The van der Waals surface area contributed by atoms with Gasteiger partial charge in [-0.05, 0) is 73.2 Å². The molecule has 2 N–H and O–H groups in total. The zero-order valence-electron chi connectivity index (χ0n) is 22.8. The molecule has 1 heterocycles. The molecule has 0 saturated carbocycles. The Morgan fingerprint density at radius 3 is 2.52 bits per heavy atom. The van der Waals surface area contributed by atoms with Crippen molar-refractivity contribution in [1.29, 1.82) is 0 Å². The topological polar surface area (TPSA) is 92.8 Å². The molecular weight excluding hydrogens is 602 g/mol. The first-order chi connectivity index (χ1) is 21.0. The molecule has 1 aromatic heterocycles. The van der Waals surface area contributed by atoms with Crippen LogP contribution in [0.15, 0.2) is 90.0 Å². The zero-order valence-corrected chi connectivity index (χ0v) is 23.6. The normalized spacial score (nSPS) is 11.6. The maximum absolute atomic E-state index is 14.1. The summed E-state index contributed by atoms with van der Waals surface area (Å²) >= 11 is 6.40. The number of ether oxygens (including phenoxy) is 2. The van der Waals surface area contributed by atoms with E-state index in [1.165, 1.54) is 48.7 Å². The Kier molecular flexibility index (Phi) is 8.68. The summed E-state index contributed by atoms with van der Waals surface area (Å²) in [6.45, 7) is 1.89. The molecule has 4 aromatic carbocycles. The number of carbonyl (C=O) groups is 2. The maximum atomic E-state index is 14.1. The number of fused-ring (bicyclic) bond motifs is 1. The minimum atomic E-state index is -4.62. The second-order valence-electron chi connectivity index (χ2n) is 9.35. The van der Waals surface area contributed by atoms with Crippen LogP contribution in [0.4, 0.5) is 17.6 Å². The van der Waals surface area contributed by atoms with Crippen LogP contribution in [0, 0.1) is 5.82 Å². The summed E-state index contributed by atoms with van der Waals surface area (Å²) in [5.74, 6) is -2.00. The van der Waals surface area contributed by atoms with E-state index < -0.39 is 29.4 Å². The predicted molar refractivity (Wildman–Crippen MR) is 158 cm³/mol. The summed E-state index contributed by atoms with van der Waals surface area (Å²) in [4.78, 5) is 28.8. The van der Waals surface area contributed by atoms with Gasteiger partial charge < -0.3 is 14.5 Å². The molecule has 0 spiro atoms. The number of alkyl halides is 3. The number of aromatic amines is 1. The van der Waals surface area contributed by atoms with Crippen molar-refractivity contribution in [3.05, 3.63) is 118 Å². The lowest BCUT2D eigenvalue weighted by Crippen LogP contribution is -2.19. The molecule has 0 aliphatic rings. The first-order valence-electron chi connectivity index (χ1n) is 13.1. The molecule has 5 rings (SSSR count). The molecule has 0 saturated heterocycles. The number of H-pyrrole nitrogens is 1. The summed E-state index contributed by atoms with van der Waals surface area (Å²) in [6.07, 6.45) is -3.30. The van der Waals surface area contributed by atoms with E-state index in [4.69, 9.17) is 21.1 Å². The van der Waals surface area contributed by atoms with Crippen LogP contribution in [0.2, 0.25) is 5.02 Å². The van der Waals surface area contributed by atoms with Crippen LogP contribution < -0.4 is 14.9 Å². The van der Waals surface area contributed by atoms with E-state index in [2.05, 4.69) is 15.5 Å². The second-order valence-corrected chi connectivity index (χ2v) is 9.76. The van der Waals surface area contributed by atoms with Gasteiger partial charge in [0, 0.05) is 27.1 Å². The van der Waals surface area contributed by atoms with Crippen molar-refractivity contribution in [1.82, 2.24) is 10.4 Å². The van der Waals surface area contributed by atoms with Crippen molar-refractivity contribution in [2.75, 3.05) is 6.61 Å². The predicted octanol–water partition coefficient (Wildman–Crippen LogP) is 8.03. The summed E-state index contributed by atoms with van der Waals surface area (Å²) < 4.78 is 64.2. The van der Waals surface area contributed by atoms with Gasteiger partial charge in [-0.15, -0.1) is 0 Å². The summed E-state index contributed by atoms with van der Waals surface area (Å²) in [5.41, 5.74) is 3.17. The largest absolute Gasteiger partial charge is 0.490 e. The van der Waals surface area contributed by atoms with Gasteiger partial charge in [0.2, 0.25) is 0 Å². The highest BCUT2D eigenvalue weighted by Crippen LogP contribution is 2.37. The number of nitrogens with zero attached hydrogens (tertiary/aromatic N) is 1. The Morgan fingerprint density at radius 2 is 1.77 bits per heavy atom. The fourth-order valence-electron chi connectivity index (χ4n) is 4.44. The average molecular weight is 624 g/mol. The van der Waals surface area contributed by atoms with Gasteiger partial charge in [-0.25, -0.2) is 14.6 Å². The number of aromatic nitrogens is 1. The lowest BCUT2D eigenvalue weighted by atomic mass is 10.0. The Bertz CT molecular complexity index is 1900. The molecule has 7 nitrogen and oxygen atoms in total. The van der Waals surface area contributed by atoms with Gasteiger partial charge in [0.1, 0.15) is 11.5 Å². The van der Waals surface area contributed by atoms with Gasteiger partial charge in [-0.3, -0.25) is 4.79 Å². The first kappa shape index (κ1) is 30.3. The number of hydrogen-bond acceptors (Lipinski definition) is 5. The number of nitrogens with one attached hydrogen (secondary N) is 2. The number of esters is 1. The third-order valence-electron chi connectivity index (χ3n) is 6.41. The Labute approximate surface area is 253 Å². The third kappa shape index (κ3) is 6.57. The molecule has 1 amide bonds. The number of halogens is 5. The van der Waals surface area contributed by atoms with Crippen LogP contribution in [0.25, 0.3) is 22.0 Å². The minimum Gasteiger partial charge on any atom is -0.490 e. The summed E-state index contributed by atoms with van der Waals surface area (Å²) in [5, 5.41) is 4.84. The van der Waals surface area contributed by atoms with Crippen LogP contribution in [-0.2, 0) is 6.18 Å². The fraction of sp³-hybridized carbons (Fsp3) is 0.0938. The second kappa shape index (κ2) is 12.6. The highest BCUT2D eigenvalue weighted by atomic mass is 35.5. The Morgan fingerprint density at radius 1 is 0.977 bits per heavy atom. The Hall–Kier alpha value is -5.16. The zero-order chi connectivity index (χ0) is 31.4. The van der Waals surface area contributed by atoms with Crippen molar-refractivity contribution in [2.45, 2.75) is 13.1 Å². The van der Waals surface area contributed by atoms with Crippen LogP contribution in [0.1, 0.15) is 38.9 Å². The third-order valence-corrected chi connectivity index (χ3v) is 6.74. The maximum Gasteiger partial charge on any atom is 0.416 e. The molecule has 0 fully saturated rings. The van der Waals surface area contributed by atoms with Gasteiger partial charge in [0.25, 0.3) is 5.91 Å². The molecule has 0 unspecified atom stereocenters. The number of rotatable bonds is 8. The molecule has 0 aliphatic heterocycles. The molecule has 224 valence electrons. The Balaban J connectivity index is 1.36. The van der Waals surface area contributed by atoms with Gasteiger partial charge in [-0.2, -0.15) is 18.3 Å². The van der Waals surface area contributed by atoms with Gasteiger partial charge in [0.05, 0.1) is 23.9 Å². The highest BCUT2D eigenvalue weighted by molar-refractivity contribution is 6.34. The van der Waals surface area contributed by atoms with E-state index in [0.29, 0.717) is 38.7 Å². The van der Waals surface area contributed by atoms with Gasteiger partial charge in [0.15, 0.2) is 11.5 Å². The van der Waals surface area contributed by atoms with Crippen molar-refractivity contribution in [2.24, 2.45) is 5.10 Å². The number of benzene rings is 4. The van der Waals surface area contributed by atoms with Crippen LogP contribution in [0.3, 0.4) is 0 Å². The van der Waals surface area contributed by atoms with Gasteiger partial charge in [-0.1, -0.05) is 35.9 Å². The number of amides is 1. The van der Waals surface area contributed by atoms with Crippen LogP contribution in [-0.4, -0.2) is 29.7 Å². The van der Waals surface area contributed by atoms with Crippen molar-refractivity contribution >= 4 is 40.6 Å². The lowest BCUT2D eigenvalue weighted by Gasteiger charge is -2.12.